The van der Waals surface area contributed by atoms with Crippen LogP contribution in [0.1, 0.15) is 21.5 Å². The number of nitrogens with one attached hydrogen (secondary N) is 1. The first-order valence-electron chi connectivity index (χ1n) is 9.29. The molecule has 0 aliphatic rings. The molecule has 3 aromatic carbocycles. The van der Waals surface area contributed by atoms with Gasteiger partial charge in [-0.2, -0.15) is 5.26 Å². The number of hydrogen-bond acceptors (Lipinski definition) is 4. The Labute approximate surface area is 194 Å². The van der Waals surface area contributed by atoms with Crippen molar-refractivity contribution < 1.29 is 19.4 Å². The lowest BCUT2D eigenvalue weighted by molar-refractivity contribution is -0.112. The molecule has 0 aliphatic carbocycles. The van der Waals surface area contributed by atoms with E-state index in [1.165, 1.54) is 18.2 Å². The van der Waals surface area contributed by atoms with Gasteiger partial charge in [-0.15, -0.1) is 0 Å². The molecule has 2 N–H and O–H groups in total. The number of carbonyl (C=O) groups excluding carboxylic acids is 1. The average Bonchev–Trinajstić information content (AvgIpc) is 2.80. The third-order valence-electron chi connectivity index (χ3n) is 4.36. The van der Waals surface area contributed by atoms with E-state index in [0.29, 0.717) is 22.0 Å². The highest BCUT2D eigenvalue weighted by Gasteiger charge is 2.13. The fourth-order valence-corrected chi connectivity index (χ4v) is 3.02. The highest BCUT2D eigenvalue weighted by atomic mass is 35.5. The second-order valence-electron chi connectivity index (χ2n) is 6.59. The first-order chi connectivity index (χ1) is 15.4. The van der Waals surface area contributed by atoms with Gasteiger partial charge < -0.3 is 15.2 Å². The number of nitrogens with zero attached hydrogens (tertiary/aromatic N) is 1. The van der Waals surface area contributed by atoms with Crippen molar-refractivity contribution in [2.24, 2.45) is 0 Å². The van der Waals surface area contributed by atoms with Crippen LogP contribution in [0, 0.1) is 11.3 Å². The van der Waals surface area contributed by atoms with E-state index in [2.05, 4.69) is 5.32 Å². The van der Waals surface area contributed by atoms with Crippen LogP contribution < -0.4 is 10.1 Å². The van der Waals surface area contributed by atoms with E-state index >= 15 is 0 Å². The second-order valence-corrected chi connectivity index (χ2v) is 7.37. The molecule has 0 heterocycles. The molecule has 3 rings (SSSR count). The van der Waals surface area contributed by atoms with Crippen molar-refractivity contribution in [2.75, 3.05) is 5.32 Å². The fourth-order valence-electron chi connectivity index (χ4n) is 2.68. The van der Waals surface area contributed by atoms with Crippen LogP contribution >= 0.6 is 23.2 Å². The Morgan fingerprint density at radius 3 is 2.34 bits per heavy atom. The molecule has 0 bridgehead atoms. The highest BCUT2D eigenvalue weighted by molar-refractivity contribution is 6.44. The Morgan fingerprint density at radius 1 is 1.03 bits per heavy atom. The molecule has 1 amide bonds. The number of amides is 1. The van der Waals surface area contributed by atoms with Crippen LogP contribution in [0.25, 0.3) is 6.08 Å². The maximum Gasteiger partial charge on any atom is 0.335 e. The molecule has 0 unspecified atom stereocenters. The Balaban J connectivity index is 1.64. The number of aromatic carboxylic acids is 1. The Bertz CT molecular complexity index is 1210. The van der Waals surface area contributed by atoms with Crippen LogP contribution in [-0.4, -0.2) is 17.0 Å². The van der Waals surface area contributed by atoms with Crippen molar-refractivity contribution >= 4 is 46.8 Å². The Morgan fingerprint density at radius 2 is 1.72 bits per heavy atom. The van der Waals surface area contributed by atoms with Crippen LogP contribution in [-0.2, 0) is 11.4 Å². The van der Waals surface area contributed by atoms with Gasteiger partial charge >= 0.3 is 5.97 Å². The van der Waals surface area contributed by atoms with E-state index < -0.39 is 11.9 Å². The molecule has 0 saturated heterocycles. The molecule has 0 aromatic heterocycles. The largest absolute Gasteiger partial charge is 0.489 e. The zero-order valence-electron chi connectivity index (χ0n) is 16.5. The van der Waals surface area contributed by atoms with E-state index in [4.69, 9.17) is 33.0 Å². The smallest absolute Gasteiger partial charge is 0.335 e. The number of carboxylic acids is 1. The minimum atomic E-state index is -0.984. The monoisotopic (exact) mass is 466 g/mol. The number of nitriles is 1. The fraction of sp³-hybridized carbons (Fsp3) is 0.0417. The summed E-state index contributed by atoms with van der Waals surface area (Å²) in [6, 6.07) is 19.9. The van der Waals surface area contributed by atoms with Crippen LogP contribution in [0.2, 0.25) is 10.0 Å². The lowest BCUT2D eigenvalue weighted by atomic mass is 10.1. The van der Waals surface area contributed by atoms with Gasteiger partial charge in [-0.25, -0.2) is 4.79 Å². The lowest BCUT2D eigenvalue weighted by Gasteiger charge is -2.08. The van der Waals surface area contributed by atoms with Gasteiger partial charge in [-0.05, 0) is 53.6 Å². The maximum absolute atomic E-state index is 12.4. The van der Waals surface area contributed by atoms with Gasteiger partial charge in [0.2, 0.25) is 0 Å². The predicted octanol–water partition coefficient (Wildman–Crippen LogP) is 5.82. The van der Waals surface area contributed by atoms with Gasteiger partial charge in [0.25, 0.3) is 5.91 Å². The Kier molecular flexibility index (Phi) is 7.50. The van der Waals surface area contributed by atoms with Crippen LogP contribution in [0.15, 0.2) is 72.3 Å². The summed E-state index contributed by atoms with van der Waals surface area (Å²) in [6.45, 7) is 0.265. The lowest BCUT2D eigenvalue weighted by Crippen LogP contribution is -2.13. The molecule has 0 aliphatic heterocycles. The highest BCUT2D eigenvalue weighted by Crippen LogP contribution is 2.29. The molecule has 8 heteroatoms. The summed E-state index contributed by atoms with van der Waals surface area (Å²) in [4.78, 5) is 23.3. The predicted molar refractivity (Wildman–Crippen MR) is 123 cm³/mol. The summed E-state index contributed by atoms with van der Waals surface area (Å²) >= 11 is 12.0. The van der Waals surface area contributed by atoms with Crippen molar-refractivity contribution in [1.29, 1.82) is 5.26 Å². The summed E-state index contributed by atoms with van der Waals surface area (Å²) in [5.74, 6) is -1.01. The van der Waals surface area contributed by atoms with Gasteiger partial charge in [-0.1, -0.05) is 53.5 Å². The van der Waals surface area contributed by atoms with E-state index in [9.17, 15) is 14.9 Å². The van der Waals surface area contributed by atoms with Crippen LogP contribution in [0.5, 0.6) is 5.75 Å². The molecule has 3 aromatic rings. The number of anilines is 1. The summed E-state index contributed by atoms with van der Waals surface area (Å²) in [7, 11) is 0. The van der Waals surface area contributed by atoms with Crippen molar-refractivity contribution in [1.82, 2.24) is 0 Å². The minimum absolute atomic E-state index is 0.103. The number of halogens is 2. The number of ether oxygens (including phenoxy) is 1. The average molecular weight is 467 g/mol. The summed E-state index contributed by atoms with van der Waals surface area (Å²) < 4.78 is 5.69. The number of carboxylic acid groups (broad SMARTS) is 1. The molecule has 0 spiro atoms. The number of benzene rings is 3. The molecule has 6 nitrogen and oxygen atoms in total. The molecule has 32 heavy (non-hydrogen) atoms. The van der Waals surface area contributed by atoms with Gasteiger partial charge in [0, 0.05) is 0 Å². The maximum atomic E-state index is 12.4. The van der Waals surface area contributed by atoms with Gasteiger partial charge in [0.05, 0.1) is 21.3 Å². The minimum Gasteiger partial charge on any atom is -0.489 e. The van der Waals surface area contributed by atoms with Gasteiger partial charge in [0.15, 0.2) is 0 Å². The molecular weight excluding hydrogens is 451 g/mol. The van der Waals surface area contributed by atoms with E-state index in [0.717, 1.165) is 5.56 Å². The van der Waals surface area contributed by atoms with E-state index in [1.54, 1.807) is 54.6 Å². The first kappa shape index (κ1) is 22.9. The summed E-state index contributed by atoms with van der Waals surface area (Å²) in [5.41, 5.74) is 1.87. The normalized spacial score (nSPS) is 10.8. The van der Waals surface area contributed by atoms with Crippen molar-refractivity contribution in [3.05, 3.63) is 99.0 Å². The Hall–Kier alpha value is -3.79. The zero-order chi connectivity index (χ0) is 23.1. The molecule has 160 valence electrons. The van der Waals surface area contributed by atoms with Crippen LogP contribution in [0.3, 0.4) is 0 Å². The third kappa shape index (κ3) is 5.88. The van der Waals surface area contributed by atoms with Crippen molar-refractivity contribution in [3.63, 3.8) is 0 Å². The SMILES string of the molecule is N#C/C(=C/c1ccc(OCc2ccc(C(=O)O)cc2)cc1)C(=O)Nc1cccc(Cl)c1Cl. The number of carbonyl (C=O) groups is 2. The first-order valence-corrected chi connectivity index (χ1v) is 10.0. The van der Waals surface area contributed by atoms with Gasteiger partial charge in [0.1, 0.15) is 24.0 Å². The third-order valence-corrected chi connectivity index (χ3v) is 5.18. The molecular formula is C24H16Cl2N2O4. The van der Waals surface area contributed by atoms with Crippen molar-refractivity contribution in [3.8, 4) is 11.8 Å². The molecule has 0 saturated carbocycles. The quantitative estimate of drug-likeness (QED) is 0.337. The number of hydrogen-bond donors (Lipinski definition) is 2. The standard InChI is InChI=1S/C24H16Cl2N2O4/c25-20-2-1-3-21(22(20)26)28-23(29)18(13-27)12-15-6-10-19(11-7-15)32-14-16-4-8-17(9-5-16)24(30)31/h1-12H,14H2,(H,28,29)(H,30,31)/b18-12-. The zero-order valence-corrected chi connectivity index (χ0v) is 18.0. The second kappa shape index (κ2) is 10.5. The molecule has 0 atom stereocenters. The number of rotatable bonds is 7. The molecule has 0 radical (unpaired) electrons. The van der Waals surface area contributed by atoms with E-state index in [-0.39, 0.29) is 22.8 Å². The summed E-state index contributed by atoms with van der Waals surface area (Å²) in [6.07, 6.45) is 1.45. The van der Waals surface area contributed by atoms with Crippen LogP contribution in [0.4, 0.5) is 5.69 Å². The summed E-state index contributed by atoms with van der Waals surface area (Å²) in [5, 5.41) is 21.4. The molecule has 0 fully saturated rings. The van der Waals surface area contributed by atoms with Crippen molar-refractivity contribution in [2.45, 2.75) is 6.61 Å². The topological polar surface area (TPSA) is 99.4 Å². The van der Waals surface area contributed by atoms with E-state index in [1.807, 2.05) is 6.07 Å². The van der Waals surface area contributed by atoms with Gasteiger partial charge in [-0.3, -0.25) is 4.79 Å².